The maximum atomic E-state index is 15.4. The molecule has 4 aromatic rings. The first-order valence-corrected chi connectivity index (χ1v) is 12.5. The second-order valence-electron chi connectivity index (χ2n) is 8.71. The van der Waals surface area contributed by atoms with Gasteiger partial charge in [-0.2, -0.15) is 0 Å². The molecule has 0 aliphatic carbocycles. The van der Waals surface area contributed by atoms with E-state index in [1.54, 1.807) is 54.1 Å². The summed E-state index contributed by atoms with van der Waals surface area (Å²) in [5.41, 5.74) is 9.20. The molecule has 0 spiro atoms. The average Bonchev–Trinajstić information content (AvgIpc) is 3.34. The molecular formula is C28H25F2N3O2S. The second kappa shape index (κ2) is 9.87. The van der Waals surface area contributed by atoms with Crippen molar-refractivity contribution in [2.24, 2.45) is 5.73 Å². The first kappa shape index (κ1) is 24.2. The van der Waals surface area contributed by atoms with Crippen LogP contribution in [0.15, 0.2) is 76.7 Å². The molecule has 0 amide bonds. The molecular weight excluding hydrogens is 480 g/mol. The molecule has 3 heterocycles. The third kappa shape index (κ3) is 4.10. The number of ether oxygens (including phenoxy) is 1. The van der Waals surface area contributed by atoms with Gasteiger partial charge >= 0.3 is 0 Å². The molecule has 1 aliphatic heterocycles. The molecule has 5 nitrogen and oxygen atoms in total. The highest BCUT2D eigenvalue weighted by molar-refractivity contribution is 7.99. The maximum Gasteiger partial charge on any atom is 0.260 e. The van der Waals surface area contributed by atoms with E-state index in [-0.39, 0.29) is 34.7 Å². The minimum absolute atomic E-state index is 0.0450. The zero-order chi connectivity index (χ0) is 25.4. The highest BCUT2D eigenvalue weighted by Crippen LogP contribution is 2.43. The lowest BCUT2D eigenvalue weighted by Crippen LogP contribution is -2.33. The summed E-state index contributed by atoms with van der Waals surface area (Å²) in [5.74, 6) is -0.362. The maximum absolute atomic E-state index is 15.4. The molecule has 0 saturated carbocycles. The van der Waals surface area contributed by atoms with Gasteiger partial charge in [0.05, 0.1) is 35.5 Å². The summed E-state index contributed by atoms with van der Waals surface area (Å²) >= 11 is 1.51. The van der Waals surface area contributed by atoms with Gasteiger partial charge in [0.25, 0.3) is 5.56 Å². The first-order valence-electron chi connectivity index (χ1n) is 11.6. The summed E-state index contributed by atoms with van der Waals surface area (Å²) in [4.78, 5) is 18.4. The predicted molar refractivity (Wildman–Crippen MR) is 138 cm³/mol. The Morgan fingerprint density at radius 3 is 2.64 bits per heavy atom. The molecule has 0 saturated heterocycles. The van der Waals surface area contributed by atoms with Gasteiger partial charge < -0.3 is 10.5 Å². The number of nitrogens with two attached hydrogens (primary N) is 1. The number of benzene rings is 2. The molecule has 0 fully saturated rings. The van der Waals surface area contributed by atoms with Crippen LogP contribution in [0, 0.1) is 18.6 Å². The number of hydrogen-bond acceptors (Lipinski definition) is 5. The van der Waals surface area contributed by atoms with Crippen LogP contribution in [0.1, 0.15) is 34.5 Å². The van der Waals surface area contributed by atoms with Gasteiger partial charge in [0.2, 0.25) is 0 Å². The minimum Gasteiger partial charge on any atom is -0.494 e. The Labute approximate surface area is 212 Å². The van der Waals surface area contributed by atoms with Crippen LogP contribution in [-0.4, -0.2) is 22.4 Å². The predicted octanol–water partition coefficient (Wildman–Crippen LogP) is 5.44. The van der Waals surface area contributed by atoms with Crippen LogP contribution in [0.25, 0.3) is 11.1 Å². The molecule has 0 radical (unpaired) electrons. The third-order valence-electron chi connectivity index (χ3n) is 6.68. The third-order valence-corrected chi connectivity index (χ3v) is 7.91. The molecule has 2 aromatic carbocycles. The van der Waals surface area contributed by atoms with E-state index in [0.29, 0.717) is 22.6 Å². The number of pyridine rings is 2. The van der Waals surface area contributed by atoms with Gasteiger partial charge in [0.1, 0.15) is 5.82 Å². The van der Waals surface area contributed by atoms with Crippen molar-refractivity contribution >= 4 is 11.8 Å². The molecule has 5 rings (SSSR count). The first-order chi connectivity index (χ1) is 17.4. The molecule has 1 aliphatic rings. The Balaban J connectivity index is 1.76. The molecule has 8 heteroatoms. The topological polar surface area (TPSA) is 70.1 Å². The Bertz CT molecular complexity index is 1490. The van der Waals surface area contributed by atoms with Crippen LogP contribution in [0.2, 0.25) is 0 Å². The van der Waals surface area contributed by atoms with Crippen molar-refractivity contribution in [1.82, 2.24) is 9.55 Å². The normalized spacial score (nSPS) is 15.5. The van der Waals surface area contributed by atoms with Crippen LogP contribution in [0.4, 0.5) is 8.78 Å². The molecule has 2 N–H and O–H groups in total. The van der Waals surface area contributed by atoms with Crippen molar-refractivity contribution in [1.29, 1.82) is 0 Å². The fourth-order valence-electron chi connectivity index (χ4n) is 4.78. The second-order valence-corrected chi connectivity index (χ2v) is 9.72. The van der Waals surface area contributed by atoms with Crippen LogP contribution < -0.4 is 16.0 Å². The largest absolute Gasteiger partial charge is 0.494 e. The van der Waals surface area contributed by atoms with Crippen molar-refractivity contribution in [3.05, 3.63) is 111 Å². The van der Waals surface area contributed by atoms with E-state index in [1.165, 1.54) is 31.0 Å². The molecule has 2 unspecified atom stereocenters. The monoisotopic (exact) mass is 505 g/mol. The van der Waals surface area contributed by atoms with Crippen molar-refractivity contribution < 1.29 is 13.5 Å². The van der Waals surface area contributed by atoms with E-state index < -0.39 is 17.9 Å². The van der Waals surface area contributed by atoms with Gasteiger partial charge in [-0.25, -0.2) is 8.78 Å². The molecule has 2 aromatic heterocycles. The SMILES string of the molecule is COc1cccc(-c2c(C)c(Cc3ccccc3F)c3n(c2=O)C(C(N)c2ccccn2)CS3)c1F. The summed E-state index contributed by atoms with van der Waals surface area (Å²) in [6.07, 6.45) is 1.92. The molecule has 36 heavy (non-hydrogen) atoms. The lowest BCUT2D eigenvalue weighted by Gasteiger charge is -2.24. The number of methoxy groups -OCH3 is 1. The minimum atomic E-state index is -0.617. The number of nitrogens with zero attached hydrogens (tertiary/aromatic N) is 2. The van der Waals surface area contributed by atoms with Crippen molar-refractivity contribution in [2.75, 3.05) is 12.9 Å². The van der Waals surface area contributed by atoms with Crippen LogP contribution in [0.5, 0.6) is 5.75 Å². The summed E-state index contributed by atoms with van der Waals surface area (Å²) in [6.45, 7) is 1.79. The fraction of sp³-hybridized carbons (Fsp3) is 0.214. The Morgan fingerprint density at radius 2 is 1.92 bits per heavy atom. The van der Waals surface area contributed by atoms with E-state index in [0.717, 1.165) is 10.6 Å². The van der Waals surface area contributed by atoms with Gasteiger partial charge in [-0.15, -0.1) is 11.8 Å². The summed E-state index contributed by atoms with van der Waals surface area (Å²) in [7, 11) is 1.38. The zero-order valence-corrected chi connectivity index (χ0v) is 20.7. The van der Waals surface area contributed by atoms with Crippen molar-refractivity contribution in [3.8, 4) is 16.9 Å². The Morgan fingerprint density at radius 1 is 1.14 bits per heavy atom. The van der Waals surface area contributed by atoms with E-state index in [4.69, 9.17) is 10.5 Å². The standard InChI is InChI=1S/C28H25F2N3O2S/c1-16-19(14-17-8-3-4-10-20(17)29)28-33(22(15-36-28)26(31)21-11-5-6-13-32-21)27(34)24(16)18-9-7-12-23(35-2)25(18)30/h3-13,22,26H,14-15,31H2,1-2H3. The van der Waals surface area contributed by atoms with Gasteiger partial charge in [-0.3, -0.25) is 14.3 Å². The van der Waals surface area contributed by atoms with Gasteiger partial charge in [-0.1, -0.05) is 36.4 Å². The van der Waals surface area contributed by atoms with Crippen molar-refractivity contribution in [3.63, 3.8) is 0 Å². The summed E-state index contributed by atoms with van der Waals surface area (Å²) in [6, 6.07) is 15.8. The molecule has 2 atom stereocenters. The van der Waals surface area contributed by atoms with E-state index in [2.05, 4.69) is 4.98 Å². The molecule has 0 bridgehead atoms. The van der Waals surface area contributed by atoms with Crippen LogP contribution in [-0.2, 0) is 6.42 Å². The number of rotatable bonds is 6. The average molecular weight is 506 g/mol. The number of hydrogen-bond donors (Lipinski definition) is 1. The lowest BCUT2D eigenvalue weighted by molar-refractivity contribution is 0.387. The number of aromatic nitrogens is 2. The van der Waals surface area contributed by atoms with E-state index in [1.807, 2.05) is 12.1 Å². The van der Waals surface area contributed by atoms with Crippen LogP contribution in [0.3, 0.4) is 0 Å². The number of halogens is 2. The van der Waals surface area contributed by atoms with Crippen molar-refractivity contribution in [2.45, 2.75) is 30.5 Å². The smallest absolute Gasteiger partial charge is 0.260 e. The Kier molecular flexibility index (Phi) is 6.64. The summed E-state index contributed by atoms with van der Waals surface area (Å²) in [5, 5.41) is 0.726. The van der Waals surface area contributed by atoms with Gasteiger partial charge in [0.15, 0.2) is 11.6 Å². The highest BCUT2D eigenvalue weighted by atomic mass is 32.2. The van der Waals surface area contributed by atoms with Gasteiger partial charge in [0, 0.05) is 23.9 Å². The van der Waals surface area contributed by atoms with E-state index >= 15 is 4.39 Å². The summed E-state index contributed by atoms with van der Waals surface area (Å²) < 4.78 is 36.9. The quantitative estimate of drug-likeness (QED) is 0.378. The van der Waals surface area contributed by atoms with Crippen LogP contribution >= 0.6 is 11.8 Å². The fourth-order valence-corrected chi connectivity index (χ4v) is 6.22. The van der Waals surface area contributed by atoms with E-state index in [9.17, 15) is 9.18 Å². The highest BCUT2D eigenvalue weighted by Gasteiger charge is 2.35. The molecule has 184 valence electrons. The number of thioether (sulfide) groups is 1. The Hall–Kier alpha value is -3.49. The van der Waals surface area contributed by atoms with Gasteiger partial charge in [-0.05, 0) is 47.9 Å². The number of fused-ring (bicyclic) bond motifs is 1. The lowest BCUT2D eigenvalue weighted by atomic mass is 9.93. The zero-order valence-electron chi connectivity index (χ0n) is 19.9.